The molecular weight excluding hydrogens is 350 g/mol. The maximum absolute atomic E-state index is 12.8. The second-order valence-electron chi connectivity index (χ2n) is 6.45. The van der Waals surface area contributed by atoms with Crippen molar-refractivity contribution in [2.75, 3.05) is 11.9 Å². The summed E-state index contributed by atoms with van der Waals surface area (Å²) < 4.78 is 11.5. The van der Waals surface area contributed by atoms with Crippen LogP contribution in [-0.2, 0) is 0 Å². The number of fused-ring (bicyclic) bond motifs is 1. The van der Waals surface area contributed by atoms with Crippen molar-refractivity contribution in [3.63, 3.8) is 0 Å². The Bertz CT molecular complexity index is 914. The van der Waals surface area contributed by atoms with Gasteiger partial charge in [-0.15, -0.1) is 10.2 Å². The first-order chi connectivity index (χ1) is 12.5. The highest BCUT2D eigenvalue weighted by Crippen LogP contribution is 2.30. The molecule has 0 saturated heterocycles. The van der Waals surface area contributed by atoms with E-state index in [2.05, 4.69) is 22.4 Å². The van der Waals surface area contributed by atoms with Gasteiger partial charge in [-0.1, -0.05) is 38.5 Å². The summed E-state index contributed by atoms with van der Waals surface area (Å²) in [5, 5.41) is 13.1. The third-order valence-electron chi connectivity index (χ3n) is 3.98. The van der Waals surface area contributed by atoms with Gasteiger partial charge in [0.1, 0.15) is 22.1 Å². The van der Waals surface area contributed by atoms with Crippen LogP contribution in [0.25, 0.3) is 11.0 Å². The van der Waals surface area contributed by atoms with Crippen molar-refractivity contribution in [3.05, 3.63) is 34.5 Å². The van der Waals surface area contributed by atoms with Crippen molar-refractivity contribution in [2.45, 2.75) is 46.5 Å². The zero-order chi connectivity index (χ0) is 18.7. The molecule has 0 bridgehead atoms. The zero-order valence-corrected chi connectivity index (χ0v) is 16.3. The van der Waals surface area contributed by atoms with Crippen LogP contribution in [-0.4, -0.2) is 22.7 Å². The molecule has 2 aromatic heterocycles. The molecule has 26 heavy (non-hydrogen) atoms. The molecule has 0 aliphatic carbocycles. The van der Waals surface area contributed by atoms with Gasteiger partial charge in [0.15, 0.2) is 0 Å². The Labute approximate surface area is 156 Å². The molecular formula is C19H23N3O3S. The number of anilines is 1. The van der Waals surface area contributed by atoms with Gasteiger partial charge in [-0.2, -0.15) is 0 Å². The van der Waals surface area contributed by atoms with Gasteiger partial charge in [-0.3, -0.25) is 10.1 Å². The first-order valence-electron chi connectivity index (χ1n) is 8.80. The highest BCUT2D eigenvalue weighted by molar-refractivity contribution is 7.15. The summed E-state index contributed by atoms with van der Waals surface area (Å²) in [4.78, 5) is 12.8. The second-order valence-corrected chi connectivity index (χ2v) is 7.46. The molecule has 0 unspecified atom stereocenters. The summed E-state index contributed by atoms with van der Waals surface area (Å²) in [5.74, 6) is 1.33. The quantitative estimate of drug-likeness (QED) is 0.580. The standard InChI is InChI=1S/C19H23N3O3S/c1-5-6-9-24-13-7-8-15-14(10-13)16(12(4)25-15)17(23)20-19-22-21-18(26-19)11(2)3/h7-8,10-11H,5-6,9H2,1-4H3,(H,20,22,23). The number of carbonyl (C=O) groups excluding carboxylic acids is 1. The van der Waals surface area contributed by atoms with Gasteiger partial charge in [0.2, 0.25) is 5.13 Å². The van der Waals surface area contributed by atoms with Crippen LogP contribution in [0.1, 0.15) is 60.7 Å². The van der Waals surface area contributed by atoms with Gasteiger partial charge in [-0.05, 0) is 31.5 Å². The Morgan fingerprint density at radius 3 is 2.85 bits per heavy atom. The topological polar surface area (TPSA) is 77.2 Å². The molecule has 0 atom stereocenters. The lowest BCUT2D eigenvalue weighted by atomic mass is 10.1. The highest BCUT2D eigenvalue weighted by Gasteiger charge is 2.20. The van der Waals surface area contributed by atoms with Gasteiger partial charge in [0.25, 0.3) is 5.91 Å². The Balaban J connectivity index is 1.85. The van der Waals surface area contributed by atoms with Crippen molar-refractivity contribution in [1.29, 1.82) is 0 Å². The monoisotopic (exact) mass is 373 g/mol. The first-order valence-corrected chi connectivity index (χ1v) is 9.62. The molecule has 7 heteroatoms. The number of aryl methyl sites for hydroxylation is 1. The van der Waals surface area contributed by atoms with E-state index in [1.165, 1.54) is 11.3 Å². The Morgan fingerprint density at radius 2 is 2.15 bits per heavy atom. The number of hydrogen-bond acceptors (Lipinski definition) is 6. The number of ether oxygens (including phenoxy) is 1. The molecule has 3 rings (SSSR count). The maximum Gasteiger partial charge on any atom is 0.261 e. The fourth-order valence-electron chi connectivity index (χ4n) is 2.58. The van der Waals surface area contributed by atoms with Crippen LogP contribution in [0.2, 0.25) is 0 Å². The van der Waals surface area contributed by atoms with Gasteiger partial charge >= 0.3 is 0 Å². The molecule has 6 nitrogen and oxygen atoms in total. The zero-order valence-electron chi connectivity index (χ0n) is 15.5. The van der Waals surface area contributed by atoms with E-state index in [1.807, 2.05) is 32.0 Å². The molecule has 0 radical (unpaired) electrons. The number of aromatic nitrogens is 2. The Hall–Kier alpha value is -2.41. The van der Waals surface area contributed by atoms with Crippen LogP contribution in [0.5, 0.6) is 5.75 Å². The third-order valence-corrected chi connectivity index (χ3v) is 5.12. The minimum Gasteiger partial charge on any atom is -0.494 e. The fourth-order valence-corrected chi connectivity index (χ4v) is 3.32. The lowest BCUT2D eigenvalue weighted by Crippen LogP contribution is -2.12. The molecule has 0 aliphatic rings. The molecule has 0 saturated carbocycles. The van der Waals surface area contributed by atoms with E-state index < -0.39 is 0 Å². The first kappa shape index (κ1) is 18.4. The van der Waals surface area contributed by atoms with E-state index in [0.29, 0.717) is 28.6 Å². The van der Waals surface area contributed by atoms with E-state index in [1.54, 1.807) is 6.92 Å². The lowest BCUT2D eigenvalue weighted by molar-refractivity contribution is 0.102. The largest absolute Gasteiger partial charge is 0.494 e. The molecule has 2 heterocycles. The number of rotatable bonds is 7. The average molecular weight is 373 g/mol. The smallest absolute Gasteiger partial charge is 0.261 e. The minimum absolute atomic E-state index is 0.251. The van der Waals surface area contributed by atoms with Crippen LogP contribution in [0.15, 0.2) is 22.6 Å². The van der Waals surface area contributed by atoms with Crippen molar-refractivity contribution in [2.24, 2.45) is 0 Å². The summed E-state index contributed by atoms with van der Waals surface area (Å²) in [7, 11) is 0. The molecule has 0 aliphatic heterocycles. The van der Waals surface area contributed by atoms with Crippen LogP contribution in [0.4, 0.5) is 5.13 Å². The van der Waals surface area contributed by atoms with Crippen molar-refractivity contribution in [1.82, 2.24) is 10.2 Å². The summed E-state index contributed by atoms with van der Waals surface area (Å²) in [6, 6.07) is 5.56. The van der Waals surface area contributed by atoms with Gasteiger partial charge in [-0.25, -0.2) is 0 Å². The highest BCUT2D eigenvalue weighted by atomic mass is 32.1. The predicted molar refractivity (Wildman–Crippen MR) is 103 cm³/mol. The van der Waals surface area contributed by atoms with Crippen LogP contribution in [0.3, 0.4) is 0 Å². The van der Waals surface area contributed by atoms with Gasteiger partial charge in [0, 0.05) is 11.3 Å². The van der Waals surface area contributed by atoms with E-state index >= 15 is 0 Å². The van der Waals surface area contributed by atoms with Crippen molar-refractivity contribution in [3.8, 4) is 5.75 Å². The molecule has 1 aromatic carbocycles. The number of benzene rings is 1. The normalized spacial score (nSPS) is 11.3. The van der Waals surface area contributed by atoms with Crippen molar-refractivity contribution < 1.29 is 13.9 Å². The molecule has 0 spiro atoms. The number of nitrogens with one attached hydrogen (secondary N) is 1. The van der Waals surface area contributed by atoms with Gasteiger partial charge < -0.3 is 9.15 Å². The number of amides is 1. The number of hydrogen-bond donors (Lipinski definition) is 1. The summed E-state index contributed by atoms with van der Waals surface area (Å²) in [5.41, 5.74) is 1.16. The fraction of sp³-hybridized carbons (Fsp3) is 0.421. The van der Waals surface area contributed by atoms with E-state index in [4.69, 9.17) is 9.15 Å². The summed E-state index contributed by atoms with van der Waals surface area (Å²) in [6.45, 7) is 8.64. The van der Waals surface area contributed by atoms with E-state index in [-0.39, 0.29) is 11.8 Å². The molecule has 1 N–H and O–H groups in total. The van der Waals surface area contributed by atoms with E-state index in [0.717, 1.165) is 29.0 Å². The average Bonchev–Trinajstić information content (AvgIpc) is 3.18. The van der Waals surface area contributed by atoms with Crippen LogP contribution < -0.4 is 10.1 Å². The molecule has 1 amide bonds. The maximum atomic E-state index is 12.8. The van der Waals surface area contributed by atoms with Gasteiger partial charge in [0.05, 0.1) is 12.2 Å². The molecule has 138 valence electrons. The number of unbranched alkanes of at least 4 members (excludes halogenated alkanes) is 1. The molecule has 0 fully saturated rings. The summed E-state index contributed by atoms with van der Waals surface area (Å²) >= 11 is 1.39. The number of nitrogens with zero attached hydrogens (tertiary/aromatic N) is 2. The van der Waals surface area contributed by atoms with Crippen molar-refractivity contribution >= 4 is 33.3 Å². The summed E-state index contributed by atoms with van der Waals surface area (Å²) in [6.07, 6.45) is 2.06. The minimum atomic E-state index is -0.251. The number of furan rings is 1. The Kier molecular flexibility index (Phi) is 5.56. The molecule has 3 aromatic rings. The van der Waals surface area contributed by atoms with Crippen LogP contribution in [0, 0.1) is 6.92 Å². The SMILES string of the molecule is CCCCOc1ccc2oc(C)c(C(=O)Nc3nnc(C(C)C)s3)c2c1. The lowest BCUT2D eigenvalue weighted by Gasteiger charge is -2.05. The Morgan fingerprint density at radius 1 is 1.35 bits per heavy atom. The number of carbonyl (C=O) groups is 1. The third kappa shape index (κ3) is 3.88. The van der Waals surface area contributed by atoms with Crippen LogP contribution >= 0.6 is 11.3 Å². The van der Waals surface area contributed by atoms with E-state index in [9.17, 15) is 4.79 Å². The predicted octanol–water partition coefficient (Wildman–Crippen LogP) is 5.15. The second kappa shape index (κ2) is 7.86.